The van der Waals surface area contributed by atoms with Crippen LogP contribution in [0.1, 0.15) is 16.7 Å². The van der Waals surface area contributed by atoms with Crippen molar-refractivity contribution >= 4 is 21.6 Å². The summed E-state index contributed by atoms with van der Waals surface area (Å²) in [7, 11) is -0.692. The molecule has 0 aromatic heterocycles. The van der Waals surface area contributed by atoms with Crippen LogP contribution in [0.4, 0.5) is 5.69 Å². The van der Waals surface area contributed by atoms with Gasteiger partial charge in [0.15, 0.2) is 0 Å². The maximum absolute atomic E-state index is 13.7. The summed E-state index contributed by atoms with van der Waals surface area (Å²) in [6.45, 7) is 3.55. The Bertz CT molecular complexity index is 1210. The fourth-order valence-corrected chi connectivity index (χ4v) is 5.23. The summed E-state index contributed by atoms with van der Waals surface area (Å²) in [4.78, 5) is 14.9. The van der Waals surface area contributed by atoms with E-state index in [1.54, 1.807) is 57.5 Å². The minimum absolute atomic E-state index is 0.192. The van der Waals surface area contributed by atoms with Gasteiger partial charge in [-0.2, -0.15) is 4.31 Å². The zero-order chi connectivity index (χ0) is 24.0. The van der Waals surface area contributed by atoms with Crippen molar-refractivity contribution < 1.29 is 17.9 Å². The van der Waals surface area contributed by atoms with Crippen LogP contribution in [0, 0.1) is 13.8 Å². The van der Waals surface area contributed by atoms with Crippen molar-refractivity contribution in [1.29, 1.82) is 0 Å². The summed E-state index contributed by atoms with van der Waals surface area (Å²) in [5.74, 6) is 0.293. The molecule has 0 radical (unpaired) electrons. The molecule has 3 aromatic rings. The third-order valence-corrected chi connectivity index (χ3v) is 7.57. The SMILES string of the molecule is COc1cccc(N(C)C(=O)CN(CCc2ccccc2)S(=O)(=O)c2cc(C)ccc2C)c1. The highest BCUT2D eigenvalue weighted by Crippen LogP contribution is 2.24. The molecule has 1 amide bonds. The van der Waals surface area contributed by atoms with E-state index < -0.39 is 10.0 Å². The third kappa shape index (κ3) is 6.00. The van der Waals surface area contributed by atoms with Crippen molar-refractivity contribution in [3.63, 3.8) is 0 Å². The lowest BCUT2D eigenvalue weighted by molar-refractivity contribution is -0.118. The Morgan fingerprint density at radius 3 is 2.36 bits per heavy atom. The molecule has 0 atom stereocenters. The molecule has 0 aliphatic rings. The van der Waals surface area contributed by atoms with Crippen LogP contribution in [0.15, 0.2) is 77.7 Å². The number of ether oxygens (including phenoxy) is 1. The van der Waals surface area contributed by atoms with Gasteiger partial charge in [0.25, 0.3) is 0 Å². The highest BCUT2D eigenvalue weighted by molar-refractivity contribution is 7.89. The number of sulfonamides is 1. The van der Waals surface area contributed by atoms with Gasteiger partial charge in [-0.15, -0.1) is 0 Å². The van der Waals surface area contributed by atoms with Crippen LogP contribution >= 0.6 is 0 Å². The Labute approximate surface area is 196 Å². The summed E-state index contributed by atoms with van der Waals surface area (Å²) in [6.07, 6.45) is 0.501. The first kappa shape index (κ1) is 24.5. The number of carbonyl (C=O) groups excluding carboxylic acids is 1. The van der Waals surface area contributed by atoms with E-state index in [2.05, 4.69) is 0 Å². The van der Waals surface area contributed by atoms with Crippen LogP contribution < -0.4 is 9.64 Å². The zero-order valence-corrected chi connectivity index (χ0v) is 20.3. The van der Waals surface area contributed by atoms with Gasteiger partial charge in [-0.3, -0.25) is 4.79 Å². The smallest absolute Gasteiger partial charge is 0.243 e. The minimum Gasteiger partial charge on any atom is -0.497 e. The van der Waals surface area contributed by atoms with Crippen LogP contribution in [0.2, 0.25) is 0 Å². The molecule has 6 nitrogen and oxygen atoms in total. The average molecular weight is 467 g/mol. The number of benzene rings is 3. The summed E-state index contributed by atoms with van der Waals surface area (Å²) < 4.78 is 33.8. The van der Waals surface area contributed by atoms with E-state index in [9.17, 15) is 13.2 Å². The van der Waals surface area contributed by atoms with Crippen LogP contribution in [-0.2, 0) is 21.2 Å². The molecule has 0 unspecified atom stereocenters. The second-order valence-electron chi connectivity index (χ2n) is 8.00. The number of aryl methyl sites for hydroxylation is 2. The fraction of sp³-hybridized carbons (Fsp3) is 0.269. The first-order valence-corrected chi connectivity index (χ1v) is 12.2. The van der Waals surface area contributed by atoms with Crippen LogP contribution in [0.3, 0.4) is 0 Å². The van der Waals surface area contributed by atoms with Gasteiger partial charge in [-0.1, -0.05) is 48.5 Å². The van der Waals surface area contributed by atoms with E-state index in [4.69, 9.17) is 4.74 Å². The molecule has 3 rings (SSSR count). The normalized spacial score (nSPS) is 11.4. The molecule has 0 saturated heterocycles. The molecule has 0 fully saturated rings. The van der Waals surface area contributed by atoms with Gasteiger partial charge in [0.1, 0.15) is 5.75 Å². The van der Waals surface area contributed by atoms with E-state index in [0.29, 0.717) is 23.4 Å². The number of carbonyl (C=O) groups is 1. The molecule has 0 spiro atoms. The summed E-state index contributed by atoms with van der Waals surface area (Å²) in [5.41, 5.74) is 3.14. The molecule has 0 heterocycles. The first-order valence-electron chi connectivity index (χ1n) is 10.7. The van der Waals surface area contributed by atoms with E-state index in [-0.39, 0.29) is 23.9 Å². The number of amides is 1. The molecular weight excluding hydrogens is 436 g/mol. The number of nitrogens with zero attached hydrogens (tertiary/aromatic N) is 2. The van der Waals surface area contributed by atoms with E-state index >= 15 is 0 Å². The quantitative estimate of drug-likeness (QED) is 0.474. The third-order valence-electron chi connectivity index (χ3n) is 5.58. The first-order chi connectivity index (χ1) is 15.7. The minimum atomic E-state index is -3.89. The Balaban J connectivity index is 1.90. The highest BCUT2D eigenvalue weighted by Gasteiger charge is 2.29. The van der Waals surface area contributed by atoms with Crippen LogP contribution in [-0.4, -0.2) is 45.9 Å². The average Bonchev–Trinajstić information content (AvgIpc) is 2.83. The number of hydrogen-bond donors (Lipinski definition) is 0. The maximum Gasteiger partial charge on any atom is 0.243 e. The number of methoxy groups -OCH3 is 1. The molecule has 0 aliphatic heterocycles. The Morgan fingerprint density at radius 1 is 0.939 bits per heavy atom. The number of hydrogen-bond acceptors (Lipinski definition) is 4. The molecule has 174 valence electrons. The van der Waals surface area contributed by atoms with Gasteiger partial charge in [0, 0.05) is 25.3 Å². The topological polar surface area (TPSA) is 66.9 Å². The fourth-order valence-electron chi connectivity index (χ4n) is 3.53. The van der Waals surface area contributed by atoms with Crippen molar-refractivity contribution in [2.24, 2.45) is 0 Å². The van der Waals surface area contributed by atoms with Gasteiger partial charge >= 0.3 is 0 Å². The van der Waals surface area contributed by atoms with Crippen molar-refractivity contribution in [2.75, 3.05) is 32.1 Å². The van der Waals surface area contributed by atoms with Crippen LogP contribution in [0.25, 0.3) is 0 Å². The molecule has 0 bridgehead atoms. The lowest BCUT2D eigenvalue weighted by Crippen LogP contribution is -2.42. The molecular formula is C26H30N2O4S. The lowest BCUT2D eigenvalue weighted by Gasteiger charge is -2.26. The molecule has 0 aliphatic carbocycles. The summed E-state index contributed by atoms with van der Waals surface area (Å²) >= 11 is 0. The second-order valence-corrected chi connectivity index (χ2v) is 9.90. The Hall–Kier alpha value is -3.16. The summed E-state index contributed by atoms with van der Waals surface area (Å²) in [6, 6.07) is 22.1. The van der Waals surface area contributed by atoms with Gasteiger partial charge in [-0.05, 0) is 55.2 Å². The predicted octanol–water partition coefficient (Wildman–Crippen LogP) is 4.21. The molecule has 33 heavy (non-hydrogen) atoms. The van der Waals surface area contributed by atoms with Gasteiger partial charge in [0.05, 0.1) is 18.6 Å². The number of rotatable bonds is 9. The molecule has 0 saturated carbocycles. The van der Waals surface area contributed by atoms with E-state index in [1.165, 1.54) is 9.21 Å². The van der Waals surface area contributed by atoms with Crippen LogP contribution in [0.5, 0.6) is 5.75 Å². The molecule has 3 aromatic carbocycles. The van der Waals surface area contributed by atoms with Crippen molar-refractivity contribution in [3.8, 4) is 5.75 Å². The van der Waals surface area contributed by atoms with E-state index in [1.807, 2.05) is 43.3 Å². The Kier molecular flexibility index (Phi) is 7.89. The van der Waals surface area contributed by atoms with E-state index in [0.717, 1.165) is 11.1 Å². The highest BCUT2D eigenvalue weighted by atomic mass is 32.2. The van der Waals surface area contributed by atoms with Crippen molar-refractivity contribution in [2.45, 2.75) is 25.2 Å². The van der Waals surface area contributed by atoms with Gasteiger partial charge < -0.3 is 9.64 Å². The van der Waals surface area contributed by atoms with Gasteiger partial charge in [0.2, 0.25) is 15.9 Å². The predicted molar refractivity (Wildman–Crippen MR) is 131 cm³/mol. The second kappa shape index (κ2) is 10.6. The van der Waals surface area contributed by atoms with Crippen molar-refractivity contribution in [3.05, 3.63) is 89.5 Å². The lowest BCUT2D eigenvalue weighted by atomic mass is 10.1. The Morgan fingerprint density at radius 2 is 1.67 bits per heavy atom. The molecule has 0 N–H and O–H groups in total. The number of likely N-dealkylation sites (N-methyl/N-ethyl adjacent to an activating group) is 1. The monoisotopic (exact) mass is 466 g/mol. The molecule has 7 heteroatoms. The maximum atomic E-state index is 13.7. The summed E-state index contributed by atoms with van der Waals surface area (Å²) in [5, 5.41) is 0. The zero-order valence-electron chi connectivity index (χ0n) is 19.5. The standard InChI is InChI=1S/C26H30N2O4S/c1-20-13-14-21(2)25(17-20)33(30,31)28(16-15-22-9-6-5-7-10-22)19-26(29)27(3)23-11-8-12-24(18-23)32-4/h5-14,17-18H,15-16,19H2,1-4H3. The number of anilines is 1. The largest absolute Gasteiger partial charge is 0.497 e. The van der Waals surface area contributed by atoms with Gasteiger partial charge in [-0.25, -0.2) is 8.42 Å². The van der Waals surface area contributed by atoms with Crippen molar-refractivity contribution in [1.82, 2.24) is 4.31 Å².